The molecule has 1 aliphatic heterocycles. The second-order valence-electron chi connectivity index (χ2n) is 5.34. The lowest BCUT2D eigenvalue weighted by molar-refractivity contribution is -0.113. The number of hydrogen-bond acceptors (Lipinski definition) is 4. The lowest BCUT2D eigenvalue weighted by Crippen LogP contribution is -2.17. The van der Waals surface area contributed by atoms with Crippen LogP contribution in [0.15, 0.2) is 54.6 Å². The third-order valence-corrected chi connectivity index (χ3v) is 3.54. The highest BCUT2D eigenvalue weighted by atomic mass is 16.5. The van der Waals surface area contributed by atoms with Gasteiger partial charge >= 0.3 is 0 Å². The van der Waals surface area contributed by atoms with E-state index in [1.165, 1.54) is 0 Å². The molecular weight excluding hydrogens is 292 g/mol. The van der Waals surface area contributed by atoms with Crippen LogP contribution < -0.4 is 10.1 Å². The molecule has 1 aromatic heterocycles. The Morgan fingerprint density at radius 2 is 2.09 bits per heavy atom. The van der Waals surface area contributed by atoms with Crippen molar-refractivity contribution in [2.45, 2.75) is 19.8 Å². The summed E-state index contributed by atoms with van der Waals surface area (Å²) < 4.78 is 11.0. The first-order chi connectivity index (χ1) is 11.2. The minimum Gasteiger partial charge on any atom is -0.501 e. The van der Waals surface area contributed by atoms with Crippen LogP contribution in [0.2, 0.25) is 0 Å². The fourth-order valence-electron chi connectivity index (χ4n) is 2.32. The molecule has 2 aromatic rings. The standard InChI is InChI=1S/C18H18N2O3/c1-13-11-15(20-18(21)14-3-2-10-22-12-14)4-5-17(13)23-16-6-8-19-9-7-16/h4-9,11-12H,2-3,10H2,1H3,(H,20,21). The monoisotopic (exact) mass is 310 g/mol. The van der Waals surface area contributed by atoms with Crippen molar-refractivity contribution in [3.63, 3.8) is 0 Å². The van der Waals surface area contributed by atoms with Gasteiger partial charge in [0.15, 0.2) is 0 Å². The van der Waals surface area contributed by atoms with Gasteiger partial charge in [-0.05, 0) is 55.7 Å². The van der Waals surface area contributed by atoms with Gasteiger partial charge in [0.2, 0.25) is 0 Å². The number of benzene rings is 1. The molecule has 5 heteroatoms. The fourth-order valence-corrected chi connectivity index (χ4v) is 2.32. The Kier molecular flexibility index (Phi) is 4.57. The molecule has 0 aliphatic carbocycles. The molecule has 5 nitrogen and oxygen atoms in total. The van der Waals surface area contributed by atoms with Gasteiger partial charge in [-0.3, -0.25) is 9.78 Å². The molecule has 3 rings (SSSR count). The van der Waals surface area contributed by atoms with Crippen LogP contribution >= 0.6 is 0 Å². The third kappa shape index (κ3) is 3.88. The average Bonchev–Trinajstić information content (AvgIpc) is 2.59. The van der Waals surface area contributed by atoms with Crippen molar-refractivity contribution in [3.8, 4) is 11.5 Å². The van der Waals surface area contributed by atoms with Gasteiger partial charge in [0, 0.05) is 18.1 Å². The summed E-state index contributed by atoms with van der Waals surface area (Å²) in [4.78, 5) is 16.1. The number of rotatable bonds is 4. The highest BCUT2D eigenvalue weighted by Gasteiger charge is 2.14. The van der Waals surface area contributed by atoms with E-state index in [0.29, 0.717) is 12.2 Å². The molecule has 0 fully saturated rings. The van der Waals surface area contributed by atoms with Gasteiger partial charge < -0.3 is 14.8 Å². The average molecular weight is 310 g/mol. The summed E-state index contributed by atoms with van der Waals surface area (Å²) in [5, 5.41) is 2.89. The number of carbonyl (C=O) groups excluding carboxylic acids is 1. The number of amides is 1. The quantitative estimate of drug-likeness (QED) is 0.932. The molecule has 0 unspecified atom stereocenters. The molecule has 1 N–H and O–H groups in total. The number of carbonyl (C=O) groups is 1. The number of pyridine rings is 1. The maximum absolute atomic E-state index is 12.2. The number of anilines is 1. The predicted octanol–water partition coefficient (Wildman–Crippen LogP) is 3.82. The lowest BCUT2D eigenvalue weighted by Gasteiger charge is -2.14. The van der Waals surface area contributed by atoms with Crippen LogP contribution in [0.25, 0.3) is 0 Å². The Morgan fingerprint density at radius 1 is 1.26 bits per heavy atom. The van der Waals surface area contributed by atoms with Crippen LogP contribution in [-0.4, -0.2) is 17.5 Å². The summed E-state index contributed by atoms with van der Waals surface area (Å²) in [7, 11) is 0. The van der Waals surface area contributed by atoms with Crippen LogP contribution in [0, 0.1) is 6.92 Å². The highest BCUT2D eigenvalue weighted by Crippen LogP contribution is 2.27. The third-order valence-electron chi connectivity index (χ3n) is 3.54. The van der Waals surface area contributed by atoms with Crippen molar-refractivity contribution in [1.82, 2.24) is 4.98 Å². The molecule has 0 radical (unpaired) electrons. The fraction of sp³-hybridized carbons (Fsp3) is 0.222. The zero-order valence-corrected chi connectivity index (χ0v) is 12.9. The Morgan fingerprint density at radius 3 is 2.78 bits per heavy atom. The molecule has 0 saturated heterocycles. The zero-order valence-electron chi connectivity index (χ0n) is 12.9. The van der Waals surface area contributed by atoms with Gasteiger partial charge in [-0.2, -0.15) is 0 Å². The Balaban J connectivity index is 1.69. The summed E-state index contributed by atoms with van der Waals surface area (Å²) in [5.74, 6) is 1.35. The first-order valence-electron chi connectivity index (χ1n) is 7.53. The van der Waals surface area contributed by atoms with E-state index in [9.17, 15) is 4.79 Å². The summed E-state index contributed by atoms with van der Waals surface area (Å²) in [5.41, 5.74) is 2.35. The molecule has 118 valence electrons. The Bertz CT molecular complexity index is 726. The topological polar surface area (TPSA) is 60.5 Å². The zero-order chi connectivity index (χ0) is 16.1. The molecule has 0 atom stereocenters. The van der Waals surface area contributed by atoms with Crippen molar-refractivity contribution >= 4 is 11.6 Å². The molecule has 23 heavy (non-hydrogen) atoms. The van der Waals surface area contributed by atoms with Crippen LogP contribution in [0.3, 0.4) is 0 Å². The van der Waals surface area contributed by atoms with Crippen molar-refractivity contribution < 1.29 is 14.3 Å². The normalized spacial score (nSPS) is 13.7. The smallest absolute Gasteiger partial charge is 0.254 e. The maximum atomic E-state index is 12.2. The van der Waals surface area contributed by atoms with Crippen LogP contribution in [-0.2, 0) is 9.53 Å². The summed E-state index contributed by atoms with van der Waals surface area (Å²) in [6.07, 6.45) is 6.52. The molecule has 1 aliphatic rings. The van der Waals surface area contributed by atoms with Crippen molar-refractivity contribution in [2.75, 3.05) is 11.9 Å². The van der Waals surface area contributed by atoms with E-state index in [1.54, 1.807) is 30.8 Å². The number of hydrogen-bond donors (Lipinski definition) is 1. The van der Waals surface area contributed by atoms with E-state index in [2.05, 4.69) is 10.3 Å². The Hall–Kier alpha value is -2.82. The van der Waals surface area contributed by atoms with Crippen LogP contribution in [0.5, 0.6) is 11.5 Å². The maximum Gasteiger partial charge on any atom is 0.254 e. The SMILES string of the molecule is Cc1cc(NC(=O)C2=COCCC2)ccc1Oc1ccncc1. The highest BCUT2D eigenvalue weighted by molar-refractivity contribution is 6.03. The number of aromatic nitrogens is 1. The van der Waals surface area contributed by atoms with Gasteiger partial charge in [0.1, 0.15) is 11.5 Å². The van der Waals surface area contributed by atoms with Crippen LogP contribution in [0.1, 0.15) is 18.4 Å². The van der Waals surface area contributed by atoms with E-state index in [0.717, 1.165) is 35.6 Å². The van der Waals surface area contributed by atoms with Gasteiger partial charge in [0.25, 0.3) is 5.91 Å². The van der Waals surface area contributed by atoms with Crippen LogP contribution in [0.4, 0.5) is 5.69 Å². The number of aryl methyl sites for hydroxylation is 1. The van der Waals surface area contributed by atoms with Gasteiger partial charge in [-0.1, -0.05) is 0 Å². The van der Waals surface area contributed by atoms with E-state index >= 15 is 0 Å². The molecule has 1 aromatic carbocycles. The first kappa shape index (κ1) is 15.1. The molecule has 2 heterocycles. The summed E-state index contributed by atoms with van der Waals surface area (Å²) in [6.45, 7) is 2.62. The number of nitrogens with zero attached hydrogens (tertiary/aromatic N) is 1. The van der Waals surface area contributed by atoms with Gasteiger partial charge in [0.05, 0.1) is 18.4 Å². The number of nitrogens with one attached hydrogen (secondary N) is 1. The number of ether oxygens (including phenoxy) is 2. The predicted molar refractivity (Wildman–Crippen MR) is 87.4 cm³/mol. The Labute approximate surface area is 135 Å². The van der Waals surface area contributed by atoms with E-state index in [1.807, 2.05) is 25.1 Å². The minimum absolute atomic E-state index is 0.119. The van der Waals surface area contributed by atoms with Gasteiger partial charge in [-0.15, -0.1) is 0 Å². The second-order valence-corrected chi connectivity index (χ2v) is 5.34. The van der Waals surface area contributed by atoms with Crippen molar-refractivity contribution in [1.29, 1.82) is 0 Å². The van der Waals surface area contributed by atoms with E-state index in [4.69, 9.17) is 9.47 Å². The molecule has 0 saturated carbocycles. The van der Waals surface area contributed by atoms with Crippen molar-refractivity contribution in [2.24, 2.45) is 0 Å². The first-order valence-corrected chi connectivity index (χ1v) is 7.53. The molecular formula is C18H18N2O3. The molecule has 1 amide bonds. The second kappa shape index (κ2) is 6.96. The van der Waals surface area contributed by atoms with Crippen molar-refractivity contribution in [3.05, 3.63) is 60.1 Å². The largest absolute Gasteiger partial charge is 0.501 e. The van der Waals surface area contributed by atoms with E-state index < -0.39 is 0 Å². The summed E-state index contributed by atoms with van der Waals surface area (Å²) in [6, 6.07) is 9.15. The lowest BCUT2D eigenvalue weighted by atomic mass is 10.1. The minimum atomic E-state index is -0.119. The van der Waals surface area contributed by atoms with E-state index in [-0.39, 0.29) is 5.91 Å². The van der Waals surface area contributed by atoms with Gasteiger partial charge in [-0.25, -0.2) is 0 Å². The summed E-state index contributed by atoms with van der Waals surface area (Å²) >= 11 is 0. The molecule has 0 spiro atoms. The molecule has 0 bridgehead atoms.